The van der Waals surface area contributed by atoms with Crippen molar-refractivity contribution < 1.29 is 39.6 Å². The van der Waals surface area contributed by atoms with E-state index in [1.165, 1.54) is 54.6 Å². The Hall–Kier alpha value is -5.22. The fourth-order valence-electron chi connectivity index (χ4n) is 8.27. The topological polar surface area (TPSA) is 346 Å². The van der Waals surface area contributed by atoms with Gasteiger partial charge in [-0.15, -0.1) is 34.0 Å². The number of ketones is 3. The number of nitrogens with two attached hydrogens (primary N) is 6. The molecule has 24 heteroatoms. The van der Waals surface area contributed by atoms with Gasteiger partial charge >= 0.3 is 0 Å². The molecule has 73 heavy (non-hydrogen) atoms. The van der Waals surface area contributed by atoms with Crippen molar-refractivity contribution in [3.63, 3.8) is 0 Å². The lowest BCUT2D eigenvalue weighted by Crippen LogP contribution is -2.40. The van der Waals surface area contributed by atoms with E-state index in [2.05, 4.69) is 14.2 Å². The van der Waals surface area contributed by atoms with Crippen LogP contribution in [0.2, 0.25) is 0 Å². The normalized spacial score (nSPS) is 13.5. The summed E-state index contributed by atoms with van der Waals surface area (Å²) in [4.78, 5) is 42.7. The lowest BCUT2D eigenvalue weighted by molar-refractivity contribution is 0.0941. The third-order valence-electron chi connectivity index (χ3n) is 12.0. The lowest BCUT2D eigenvalue weighted by atomic mass is 9.80. The number of carbonyl (C=O) groups excluding carboxylic acids is 3. The average Bonchev–Trinajstić information content (AvgIpc) is 4.20. The molecule has 0 aliphatic heterocycles. The summed E-state index contributed by atoms with van der Waals surface area (Å²) < 4.78 is 88.0. The number of Topliss-reactive ketones (excluding diaryl/α,β-unsaturated/α-hetero) is 3. The van der Waals surface area contributed by atoms with Crippen LogP contribution in [-0.2, 0) is 30.1 Å². The van der Waals surface area contributed by atoms with Crippen molar-refractivity contribution in [1.29, 1.82) is 0 Å². The molecule has 15 N–H and O–H groups in total. The summed E-state index contributed by atoms with van der Waals surface area (Å²) in [5, 5.41) is 4.84. The summed E-state index contributed by atoms with van der Waals surface area (Å²) in [5.74, 6) is -2.56. The highest BCUT2D eigenvalue weighted by Crippen LogP contribution is 2.41. The van der Waals surface area contributed by atoms with E-state index >= 15 is 0 Å². The Bertz CT molecular complexity index is 2830. The van der Waals surface area contributed by atoms with E-state index < -0.39 is 71.5 Å². The number of rotatable bonds is 30. The quantitative estimate of drug-likeness (QED) is 0.0112. The van der Waals surface area contributed by atoms with Crippen molar-refractivity contribution in [2.75, 3.05) is 36.8 Å². The first-order valence-corrected chi connectivity index (χ1v) is 30.5. The van der Waals surface area contributed by atoms with Gasteiger partial charge in [-0.3, -0.25) is 14.4 Å². The second kappa shape index (κ2) is 25.8. The molecule has 0 aliphatic carbocycles. The zero-order valence-corrected chi connectivity index (χ0v) is 44.7. The fraction of sp³-hybridized carbons (Fsp3) is 0.327. The highest BCUT2D eigenvalue weighted by Gasteiger charge is 2.33. The number of nitrogen functional groups attached to an aromatic ring is 3. The van der Waals surface area contributed by atoms with Crippen LogP contribution in [0.3, 0.4) is 0 Å². The standard InChI is InChI=1S/C49H61N9O9S6/c50-22-4-1-10-40(56-71(62,63)43-13-7-25-68-43)47(59)31-16-19-34(37(53)28-31)46(35-20-17-32(29-38(35)54)48(60)41(11-2-5-23-51)57-72(64,65)44-14-8-26-69-44)36-21-18-33(30-39(36)55)49(61)42(12-3-6-24-52)58-73(66,67)45-15-9-27-70-45/h7-9,13-21,25-30,40-42,46,56-58H,1-6,10-12,22-24,50-55H2/t40-,41-,42-/m1/s1. The minimum Gasteiger partial charge on any atom is -0.398 e. The predicted molar refractivity (Wildman–Crippen MR) is 291 cm³/mol. The van der Waals surface area contributed by atoms with Crippen LogP contribution < -0.4 is 48.6 Å². The summed E-state index contributed by atoms with van der Waals surface area (Å²) >= 11 is 3.03. The first kappa shape index (κ1) is 57.1. The molecule has 0 amide bonds. The van der Waals surface area contributed by atoms with Gasteiger partial charge in [-0.05, 0) is 127 Å². The molecule has 3 aromatic carbocycles. The van der Waals surface area contributed by atoms with Gasteiger partial charge in [0, 0.05) is 39.7 Å². The third kappa shape index (κ3) is 14.6. The molecule has 3 heterocycles. The summed E-state index contributed by atoms with van der Waals surface area (Å²) in [6.07, 6.45) is 3.46. The van der Waals surface area contributed by atoms with E-state index in [0.29, 0.717) is 74.8 Å². The maximum Gasteiger partial charge on any atom is 0.250 e. The first-order valence-electron chi connectivity index (χ1n) is 23.4. The van der Waals surface area contributed by atoms with E-state index in [0.717, 1.165) is 34.0 Å². The van der Waals surface area contributed by atoms with E-state index in [4.69, 9.17) is 34.4 Å². The Morgan fingerprint density at radius 2 is 0.699 bits per heavy atom. The molecule has 0 saturated carbocycles. The molecule has 392 valence electrons. The number of benzene rings is 3. The summed E-state index contributed by atoms with van der Waals surface area (Å²) in [7, 11) is -12.2. The van der Waals surface area contributed by atoms with E-state index in [-0.39, 0.29) is 65.6 Å². The molecule has 0 aliphatic rings. The van der Waals surface area contributed by atoms with Crippen molar-refractivity contribution in [2.45, 2.75) is 94.5 Å². The number of nitrogens with one attached hydrogen (secondary N) is 3. The van der Waals surface area contributed by atoms with E-state index in [9.17, 15) is 39.6 Å². The molecule has 0 radical (unpaired) electrons. The fourth-order valence-corrected chi connectivity index (χ4v) is 15.0. The Kier molecular flexibility index (Phi) is 20.2. The van der Waals surface area contributed by atoms with Gasteiger partial charge in [-0.2, -0.15) is 14.2 Å². The second-order valence-electron chi connectivity index (χ2n) is 17.2. The van der Waals surface area contributed by atoms with Crippen molar-refractivity contribution in [2.24, 2.45) is 17.2 Å². The molecule has 3 atom stereocenters. The molecule has 0 unspecified atom stereocenters. The third-order valence-corrected chi connectivity index (χ3v) is 20.6. The van der Waals surface area contributed by atoms with Gasteiger partial charge in [0.15, 0.2) is 17.3 Å². The van der Waals surface area contributed by atoms with Gasteiger partial charge in [-0.1, -0.05) is 73.9 Å². The molecular weight excluding hydrogens is 1050 g/mol. The van der Waals surface area contributed by atoms with Crippen LogP contribution in [0.5, 0.6) is 0 Å². The summed E-state index contributed by atoms with van der Waals surface area (Å²) in [6.45, 7) is 1.02. The maximum absolute atomic E-state index is 14.2. The molecule has 6 aromatic rings. The number of anilines is 3. The van der Waals surface area contributed by atoms with Gasteiger partial charge in [0.1, 0.15) is 12.6 Å². The van der Waals surface area contributed by atoms with Crippen LogP contribution >= 0.6 is 34.0 Å². The Balaban J connectivity index is 1.42. The van der Waals surface area contributed by atoms with E-state index in [1.807, 2.05) is 0 Å². The van der Waals surface area contributed by atoms with Gasteiger partial charge in [-0.25, -0.2) is 25.3 Å². The molecule has 0 fully saturated rings. The minimum atomic E-state index is -4.07. The molecular formula is C49H61N9O9S6. The van der Waals surface area contributed by atoms with Crippen LogP contribution in [0, 0.1) is 0 Å². The summed E-state index contributed by atoms with van der Waals surface area (Å²) in [6, 6.07) is 19.2. The zero-order chi connectivity index (χ0) is 52.9. The van der Waals surface area contributed by atoms with Crippen molar-refractivity contribution in [1.82, 2.24) is 14.2 Å². The SMILES string of the molecule is NCCCC[C@@H](NS(=O)(=O)c1cccs1)C(=O)c1ccc(C(c2ccc(C(=O)[C@@H](CCCCN)NS(=O)(=O)c3cccs3)cc2N)c2ccc(C(=O)[C@@H](CCCCN)NS(=O)(=O)c3cccs3)cc2N)c(N)c1. The largest absolute Gasteiger partial charge is 0.398 e. The summed E-state index contributed by atoms with van der Waals surface area (Å²) in [5.41, 5.74) is 39.5. The number of thiophene rings is 3. The number of sulfonamides is 3. The molecule has 6 rings (SSSR count). The Morgan fingerprint density at radius 3 is 0.918 bits per heavy atom. The van der Waals surface area contributed by atoms with Gasteiger partial charge in [0.2, 0.25) is 0 Å². The monoisotopic (exact) mass is 1110 g/mol. The average molecular weight is 1110 g/mol. The first-order chi connectivity index (χ1) is 34.8. The number of hydrogen-bond acceptors (Lipinski definition) is 18. The molecule has 3 aromatic heterocycles. The second-order valence-corrected chi connectivity index (χ2v) is 25.9. The Labute approximate surface area is 438 Å². The number of hydrogen-bond donors (Lipinski definition) is 9. The van der Waals surface area contributed by atoms with Crippen LogP contribution in [-0.4, -0.2) is 80.4 Å². The highest BCUT2D eigenvalue weighted by atomic mass is 32.3. The van der Waals surface area contributed by atoms with Crippen molar-refractivity contribution in [3.05, 3.63) is 141 Å². The van der Waals surface area contributed by atoms with Crippen molar-refractivity contribution >= 4 is 98.5 Å². The van der Waals surface area contributed by atoms with Crippen LogP contribution in [0.1, 0.15) is 111 Å². The predicted octanol–water partition coefficient (Wildman–Crippen LogP) is 5.77. The van der Waals surface area contributed by atoms with Crippen LogP contribution in [0.15, 0.2) is 120 Å². The number of carbonyl (C=O) groups is 3. The highest BCUT2D eigenvalue weighted by molar-refractivity contribution is 7.92. The van der Waals surface area contributed by atoms with Gasteiger partial charge in [0.05, 0.1) is 18.1 Å². The molecule has 0 spiro atoms. The van der Waals surface area contributed by atoms with Crippen LogP contribution in [0.25, 0.3) is 0 Å². The Morgan fingerprint density at radius 1 is 0.425 bits per heavy atom. The minimum absolute atomic E-state index is 0.0426. The van der Waals surface area contributed by atoms with Gasteiger partial charge < -0.3 is 34.4 Å². The molecule has 18 nitrogen and oxygen atoms in total. The zero-order valence-electron chi connectivity index (χ0n) is 39.8. The number of unbranched alkanes of at least 4 members (excludes halogenated alkanes) is 3. The smallest absolute Gasteiger partial charge is 0.250 e. The maximum atomic E-state index is 14.2. The van der Waals surface area contributed by atoms with Gasteiger partial charge in [0.25, 0.3) is 30.1 Å². The van der Waals surface area contributed by atoms with Crippen LogP contribution in [0.4, 0.5) is 17.1 Å². The molecule has 0 saturated heterocycles. The lowest BCUT2D eigenvalue weighted by Gasteiger charge is -2.25. The van der Waals surface area contributed by atoms with Crippen molar-refractivity contribution in [3.8, 4) is 0 Å². The van der Waals surface area contributed by atoms with E-state index in [1.54, 1.807) is 52.5 Å². The molecule has 0 bridgehead atoms.